The van der Waals surface area contributed by atoms with Gasteiger partial charge in [-0.15, -0.1) is 0 Å². The zero-order valence-corrected chi connectivity index (χ0v) is 8.57. The normalized spacial score (nSPS) is 28.5. The van der Waals surface area contributed by atoms with Gasteiger partial charge in [-0.05, 0) is 24.9 Å². The quantitative estimate of drug-likeness (QED) is 0.633. The van der Waals surface area contributed by atoms with Crippen molar-refractivity contribution < 1.29 is 0 Å². The third-order valence-corrected chi connectivity index (χ3v) is 3.53. The number of fused-ring (bicyclic) bond motifs is 4. The Morgan fingerprint density at radius 3 is 3.13 bits per heavy atom. The summed E-state index contributed by atoms with van der Waals surface area (Å²) in [6.07, 6.45) is 1.17. The number of aromatic nitrogens is 1. The van der Waals surface area contributed by atoms with Crippen LogP contribution in [0.15, 0.2) is 16.9 Å². The number of nitrogen functional groups attached to an aromatic ring is 1. The highest BCUT2D eigenvalue weighted by molar-refractivity contribution is 5.46. The van der Waals surface area contributed by atoms with Gasteiger partial charge in [-0.25, -0.2) is 0 Å². The molecule has 1 saturated heterocycles. The van der Waals surface area contributed by atoms with Gasteiger partial charge >= 0.3 is 0 Å². The number of pyridine rings is 1. The summed E-state index contributed by atoms with van der Waals surface area (Å²) < 4.78 is 1.87. The van der Waals surface area contributed by atoms with E-state index >= 15 is 0 Å². The van der Waals surface area contributed by atoms with Gasteiger partial charge in [0, 0.05) is 30.8 Å². The average molecular weight is 205 g/mol. The largest absolute Gasteiger partial charge is 0.397 e. The molecule has 15 heavy (non-hydrogen) atoms. The van der Waals surface area contributed by atoms with Gasteiger partial charge in [-0.1, -0.05) is 0 Å². The number of nitrogens with zero attached hydrogens (tertiary/aromatic N) is 1. The minimum atomic E-state index is 0.0933. The second kappa shape index (κ2) is 3.10. The molecular weight excluding hydrogens is 190 g/mol. The number of anilines is 1. The molecule has 3 heterocycles. The molecule has 1 fully saturated rings. The van der Waals surface area contributed by atoms with Gasteiger partial charge in [0.1, 0.15) is 0 Å². The van der Waals surface area contributed by atoms with Crippen LogP contribution in [-0.4, -0.2) is 17.7 Å². The molecule has 80 valence electrons. The van der Waals surface area contributed by atoms with E-state index in [1.54, 1.807) is 12.1 Å². The van der Waals surface area contributed by atoms with Crippen molar-refractivity contribution in [2.24, 2.45) is 5.92 Å². The lowest BCUT2D eigenvalue weighted by Crippen LogP contribution is -2.45. The Morgan fingerprint density at radius 1 is 1.40 bits per heavy atom. The topological polar surface area (TPSA) is 60.1 Å². The summed E-state index contributed by atoms with van der Waals surface area (Å²) in [5, 5.41) is 3.40. The lowest BCUT2D eigenvalue weighted by molar-refractivity contribution is 0.258. The number of hydrogen-bond donors (Lipinski definition) is 2. The first-order chi connectivity index (χ1) is 7.25. The van der Waals surface area contributed by atoms with Crippen molar-refractivity contribution >= 4 is 5.69 Å². The summed E-state index contributed by atoms with van der Waals surface area (Å²) in [7, 11) is 0. The van der Waals surface area contributed by atoms with Crippen molar-refractivity contribution in [2.45, 2.75) is 18.9 Å². The Hall–Kier alpha value is -1.29. The first kappa shape index (κ1) is 8.97. The highest BCUT2D eigenvalue weighted by atomic mass is 16.1. The average Bonchev–Trinajstić information content (AvgIpc) is 2.24. The van der Waals surface area contributed by atoms with Crippen LogP contribution in [0, 0.1) is 5.92 Å². The van der Waals surface area contributed by atoms with E-state index in [4.69, 9.17) is 5.73 Å². The van der Waals surface area contributed by atoms with Crippen LogP contribution in [0.5, 0.6) is 0 Å². The van der Waals surface area contributed by atoms with Crippen LogP contribution in [0.1, 0.15) is 18.0 Å². The smallest absolute Gasteiger partial charge is 0.250 e. The maximum absolute atomic E-state index is 11.7. The van der Waals surface area contributed by atoms with Crippen LogP contribution in [0.4, 0.5) is 5.69 Å². The number of nitrogens with two attached hydrogens (primary N) is 1. The summed E-state index contributed by atoms with van der Waals surface area (Å²) in [5.41, 5.74) is 7.86. The molecule has 0 aliphatic carbocycles. The Bertz CT molecular complexity index is 452. The first-order valence-corrected chi connectivity index (χ1v) is 5.45. The molecule has 1 aromatic rings. The SMILES string of the molecule is Nc1ccc(=O)n2c1[C@H]1CNC[C@H](C1)C2. The van der Waals surface area contributed by atoms with Crippen molar-refractivity contribution in [1.29, 1.82) is 0 Å². The Labute approximate surface area is 88.1 Å². The molecule has 0 aromatic carbocycles. The van der Waals surface area contributed by atoms with Gasteiger partial charge in [-0.2, -0.15) is 0 Å². The van der Waals surface area contributed by atoms with Crippen molar-refractivity contribution in [3.05, 3.63) is 28.2 Å². The van der Waals surface area contributed by atoms with Crippen molar-refractivity contribution in [2.75, 3.05) is 18.8 Å². The molecule has 1 aromatic heterocycles. The van der Waals surface area contributed by atoms with Crippen LogP contribution in [0.2, 0.25) is 0 Å². The van der Waals surface area contributed by atoms with Gasteiger partial charge < -0.3 is 15.6 Å². The van der Waals surface area contributed by atoms with E-state index in [2.05, 4.69) is 5.32 Å². The van der Waals surface area contributed by atoms with Crippen LogP contribution < -0.4 is 16.6 Å². The molecule has 0 unspecified atom stereocenters. The van der Waals surface area contributed by atoms with E-state index in [1.807, 2.05) is 4.57 Å². The van der Waals surface area contributed by atoms with E-state index in [0.29, 0.717) is 11.8 Å². The molecular formula is C11H15N3O. The lowest BCUT2D eigenvalue weighted by Gasteiger charge is -2.38. The van der Waals surface area contributed by atoms with Gasteiger partial charge in [0.05, 0.1) is 5.69 Å². The zero-order valence-electron chi connectivity index (χ0n) is 8.57. The lowest BCUT2D eigenvalue weighted by atomic mass is 9.83. The fourth-order valence-electron chi connectivity index (χ4n) is 2.89. The highest BCUT2D eigenvalue weighted by Crippen LogP contribution is 2.34. The molecule has 2 atom stereocenters. The van der Waals surface area contributed by atoms with Gasteiger partial charge in [-0.3, -0.25) is 4.79 Å². The summed E-state index contributed by atoms with van der Waals surface area (Å²) in [6, 6.07) is 3.32. The second-order valence-corrected chi connectivity index (χ2v) is 4.58. The third kappa shape index (κ3) is 1.28. The van der Waals surface area contributed by atoms with Crippen LogP contribution in [-0.2, 0) is 6.54 Å². The van der Waals surface area contributed by atoms with Crippen LogP contribution >= 0.6 is 0 Å². The van der Waals surface area contributed by atoms with Crippen LogP contribution in [0.25, 0.3) is 0 Å². The number of nitrogens with one attached hydrogen (secondary N) is 1. The van der Waals surface area contributed by atoms with E-state index in [-0.39, 0.29) is 5.56 Å². The van der Waals surface area contributed by atoms with Gasteiger partial charge in [0.25, 0.3) is 5.56 Å². The molecule has 4 heteroatoms. The first-order valence-electron chi connectivity index (χ1n) is 5.45. The standard InChI is InChI=1S/C11H15N3O/c12-9-1-2-10(15)14-6-7-3-8(11(9)14)5-13-4-7/h1-2,7-8,13H,3-6,12H2/t7-,8+/m0/s1. The van der Waals surface area contributed by atoms with Crippen molar-refractivity contribution in [1.82, 2.24) is 9.88 Å². The predicted molar refractivity (Wildman–Crippen MR) is 58.8 cm³/mol. The fourth-order valence-corrected chi connectivity index (χ4v) is 2.89. The maximum Gasteiger partial charge on any atom is 0.250 e. The summed E-state index contributed by atoms with van der Waals surface area (Å²) in [4.78, 5) is 11.7. The molecule has 0 spiro atoms. The molecule has 2 aliphatic heterocycles. The molecule has 3 N–H and O–H groups in total. The molecule has 0 amide bonds. The molecule has 2 bridgehead atoms. The summed E-state index contributed by atoms with van der Waals surface area (Å²) in [6.45, 7) is 2.80. The molecule has 3 rings (SSSR count). The minimum Gasteiger partial charge on any atom is -0.397 e. The predicted octanol–water partition coefficient (Wildman–Crippen LogP) is 0.137. The summed E-state index contributed by atoms with van der Waals surface area (Å²) >= 11 is 0. The van der Waals surface area contributed by atoms with Crippen LogP contribution in [0.3, 0.4) is 0 Å². The Kier molecular flexibility index (Phi) is 1.85. The maximum atomic E-state index is 11.7. The zero-order chi connectivity index (χ0) is 10.4. The second-order valence-electron chi connectivity index (χ2n) is 4.58. The number of hydrogen-bond acceptors (Lipinski definition) is 3. The minimum absolute atomic E-state index is 0.0933. The molecule has 0 radical (unpaired) electrons. The highest BCUT2D eigenvalue weighted by Gasteiger charge is 2.31. The summed E-state index contributed by atoms with van der Waals surface area (Å²) in [5.74, 6) is 1.02. The molecule has 2 aliphatic rings. The van der Waals surface area contributed by atoms with E-state index in [1.165, 1.54) is 6.42 Å². The Balaban J connectivity index is 2.20. The number of piperidine rings is 1. The van der Waals surface area contributed by atoms with E-state index < -0.39 is 0 Å². The van der Waals surface area contributed by atoms with Crippen molar-refractivity contribution in [3.8, 4) is 0 Å². The van der Waals surface area contributed by atoms with E-state index in [9.17, 15) is 4.79 Å². The Morgan fingerprint density at radius 2 is 2.27 bits per heavy atom. The van der Waals surface area contributed by atoms with Gasteiger partial charge in [0.15, 0.2) is 0 Å². The number of rotatable bonds is 0. The fraction of sp³-hybridized carbons (Fsp3) is 0.545. The molecule has 4 nitrogen and oxygen atoms in total. The third-order valence-electron chi connectivity index (χ3n) is 3.53. The molecule has 0 saturated carbocycles. The van der Waals surface area contributed by atoms with E-state index in [0.717, 1.165) is 31.0 Å². The van der Waals surface area contributed by atoms with Gasteiger partial charge in [0.2, 0.25) is 0 Å². The monoisotopic (exact) mass is 205 g/mol. The van der Waals surface area contributed by atoms with Crippen molar-refractivity contribution in [3.63, 3.8) is 0 Å².